The van der Waals surface area contributed by atoms with Crippen LogP contribution >= 0.6 is 11.8 Å². The Kier molecular flexibility index (Phi) is 4.70. The van der Waals surface area contributed by atoms with E-state index in [0.29, 0.717) is 19.1 Å². The van der Waals surface area contributed by atoms with E-state index in [1.807, 2.05) is 23.6 Å². The first kappa shape index (κ1) is 13.2. The molecule has 4 nitrogen and oxygen atoms in total. The summed E-state index contributed by atoms with van der Waals surface area (Å²) in [6.07, 6.45) is 3.47. The topological polar surface area (TPSA) is 55.6 Å². The van der Waals surface area contributed by atoms with E-state index >= 15 is 0 Å². The van der Waals surface area contributed by atoms with E-state index < -0.39 is 0 Å². The van der Waals surface area contributed by atoms with E-state index in [4.69, 9.17) is 10.5 Å². The highest BCUT2D eigenvalue weighted by Crippen LogP contribution is 2.27. The monoisotopic (exact) mass is 258 g/mol. The Labute approximate surface area is 107 Å². The Bertz CT molecular complexity index is 267. The van der Waals surface area contributed by atoms with E-state index in [1.165, 1.54) is 12.8 Å². The lowest BCUT2D eigenvalue weighted by Crippen LogP contribution is -2.53. The number of hydrogen-bond donors (Lipinski definition) is 1. The summed E-state index contributed by atoms with van der Waals surface area (Å²) in [6, 6.07) is -0.00962. The molecule has 2 aliphatic heterocycles. The smallest absolute Gasteiger partial charge is 0.235 e. The summed E-state index contributed by atoms with van der Waals surface area (Å²) < 4.78 is 5.58. The molecule has 2 saturated heterocycles. The van der Waals surface area contributed by atoms with Crippen LogP contribution in [0, 0.1) is 0 Å². The highest BCUT2D eigenvalue weighted by Gasteiger charge is 2.31. The number of nitrogens with two attached hydrogens (primary N) is 1. The predicted octanol–water partition coefficient (Wildman–Crippen LogP) is 0.847. The van der Waals surface area contributed by atoms with Gasteiger partial charge >= 0.3 is 0 Å². The molecular weight excluding hydrogens is 236 g/mol. The number of thioether (sulfide) groups is 1. The molecule has 0 aromatic heterocycles. The van der Waals surface area contributed by atoms with Gasteiger partial charge in [0.25, 0.3) is 0 Å². The SMILES string of the molecule is CC(N)C1CN(C(=O)C2CCCCS2)CCO1. The molecule has 2 heterocycles. The van der Waals surface area contributed by atoms with Crippen molar-refractivity contribution in [2.24, 2.45) is 5.73 Å². The molecule has 0 aromatic rings. The molecule has 0 aromatic carbocycles. The molecule has 17 heavy (non-hydrogen) atoms. The molecular formula is C12H22N2O2S. The van der Waals surface area contributed by atoms with Gasteiger partial charge < -0.3 is 15.4 Å². The second-order valence-corrected chi connectivity index (χ2v) is 6.22. The number of ether oxygens (including phenoxy) is 1. The van der Waals surface area contributed by atoms with Crippen molar-refractivity contribution in [3.8, 4) is 0 Å². The van der Waals surface area contributed by atoms with Crippen molar-refractivity contribution >= 4 is 17.7 Å². The minimum absolute atomic E-state index is 0.00119. The fourth-order valence-electron chi connectivity index (χ4n) is 2.33. The van der Waals surface area contributed by atoms with Gasteiger partial charge in [-0.1, -0.05) is 6.42 Å². The number of carbonyl (C=O) groups excluding carboxylic acids is 1. The third-order valence-corrected chi connectivity index (χ3v) is 4.81. The van der Waals surface area contributed by atoms with Gasteiger partial charge in [0.1, 0.15) is 0 Å². The first-order chi connectivity index (χ1) is 8.18. The number of morpholine rings is 1. The van der Waals surface area contributed by atoms with E-state index in [9.17, 15) is 4.79 Å². The van der Waals surface area contributed by atoms with Gasteiger partial charge in [-0.05, 0) is 25.5 Å². The molecule has 2 N–H and O–H groups in total. The predicted molar refractivity (Wildman–Crippen MR) is 70.1 cm³/mol. The van der Waals surface area contributed by atoms with Crippen LogP contribution in [0.25, 0.3) is 0 Å². The first-order valence-corrected chi connectivity index (χ1v) is 7.51. The summed E-state index contributed by atoms with van der Waals surface area (Å²) in [5.41, 5.74) is 5.84. The standard InChI is InChI=1S/C12H22N2O2S/c1-9(13)10-8-14(5-6-16-10)12(15)11-4-2-3-7-17-11/h9-11H,2-8,13H2,1H3. The molecule has 2 fully saturated rings. The molecule has 98 valence electrons. The van der Waals surface area contributed by atoms with E-state index in [0.717, 1.165) is 18.7 Å². The minimum atomic E-state index is -0.00962. The van der Waals surface area contributed by atoms with Gasteiger partial charge in [-0.3, -0.25) is 4.79 Å². The van der Waals surface area contributed by atoms with Crippen molar-refractivity contribution in [3.63, 3.8) is 0 Å². The van der Waals surface area contributed by atoms with Gasteiger partial charge in [-0.25, -0.2) is 0 Å². The minimum Gasteiger partial charge on any atom is -0.373 e. The van der Waals surface area contributed by atoms with Gasteiger partial charge in [-0.2, -0.15) is 0 Å². The lowest BCUT2D eigenvalue weighted by Gasteiger charge is -2.37. The fourth-order valence-corrected chi connectivity index (χ4v) is 3.61. The van der Waals surface area contributed by atoms with Gasteiger partial charge in [0.15, 0.2) is 0 Å². The van der Waals surface area contributed by atoms with E-state index in [-0.39, 0.29) is 17.4 Å². The summed E-state index contributed by atoms with van der Waals surface area (Å²) in [4.78, 5) is 14.3. The van der Waals surface area contributed by atoms with E-state index in [2.05, 4.69) is 0 Å². The molecule has 0 saturated carbocycles. The highest BCUT2D eigenvalue weighted by atomic mass is 32.2. The van der Waals surface area contributed by atoms with Crippen LogP contribution in [0.2, 0.25) is 0 Å². The summed E-state index contributed by atoms with van der Waals surface area (Å²) in [5, 5.41) is 0.176. The Morgan fingerprint density at radius 1 is 1.53 bits per heavy atom. The van der Waals surface area contributed by atoms with Gasteiger partial charge in [0.2, 0.25) is 5.91 Å². The van der Waals surface area contributed by atoms with Crippen molar-refractivity contribution in [1.82, 2.24) is 4.90 Å². The van der Waals surface area contributed by atoms with Crippen molar-refractivity contribution in [2.45, 2.75) is 43.6 Å². The van der Waals surface area contributed by atoms with Crippen molar-refractivity contribution in [1.29, 1.82) is 0 Å². The summed E-state index contributed by atoms with van der Waals surface area (Å²) in [6.45, 7) is 3.94. The molecule has 3 atom stereocenters. The Morgan fingerprint density at radius 2 is 2.35 bits per heavy atom. The third-order valence-electron chi connectivity index (χ3n) is 3.45. The molecule has 2 rings (SSSR count). The van der Waals surface area contributed by atoms with E-state index in [1.54, 1.807) is 0 Å². The summed E-state index contributed by atoms with van der Waals surface area (Å²) in [7, 11) is 0. The zero-order chi connectivity index (χ0) is 12.3. The van der Waals surface area contributed by atoms with Crippen molar-refractivity contribution in [2.75, 3.05) is 25.4 Å². The van der Waals surface area contributed by atoms with Crippen LogP contribution in [0.3, 0.4) is 0 Å². The average molecular weight is 258 g/mol. The summed E-state index contributed by atoms with van der Waals surface area (Å²) in [5.74, 6) is 1.42. The van der Waals surface area contributed by atoms with Gasteiger partial charge in [-0.15, -0.1) is 11.8 Å². The van der Waals surface area contributed by atoms with Crippen LogP contribution in [0.15, 0.2) is 0 Å². The van der Waals surface area contributed by atoms with Crippen LogP contribution < -0.4 is 5.73 Å². The lowest BCUT2D eigenvalue weighted by atomic mass is 10.1. The normalized spacial score (nSPS) is 32.2. The molecule has 0 spiro atoms. The number of carbonyl (C=O) groups is 1. The van der Waals surface area contributed by atoms with Crippen LogP contribution in [0.5, 0.6) is 0 Å². The number of nitrogens with zero attached hydrogens (tertiary/aromatic N) is 1. The molecule has 0 bridgehead atoms. The van der Waals surface area contributed by atoms with Crippen LogP contribution in [0.1, 0.15) is 26.2 Å². The zero-order valence-electron chi connectivity index (χ0n) is 10.4. The van der Waals surface area contributed by atoms with Gasteiger partial charge in [0.05, 0.1) is 18.0 Å². The molecule has 0 aliphatic carbocycles. The average Bonchev–Trinajstić information content (AvgIpc) is 2.39. The molecule has 5 heteroatoms. The molecule has 2 aliphatic rings. The number of amides is 1. The maximum Gasteiger partial charge on any atom is 0.235 e. The highest BCUT2D eigenvalue weighted by molar-refractivity contribution is 8.00. The lowest BCUT2D eigenvalue weighted by molar-refractivity contribution is -0.138. The fraction of sp³-hybridized carbons (Fsp3) is 0.917. The molecule has 3 unspecified atom stereocenters. The summed E-state index contributed by atoms with van der Waals surface area (Å²) >= 11 is 1.81. The van der Waals surface area contributed by atoms with Crippen molar-refractivity contribution < 1.29 is 9.53 Å². The maximum absolute atomic E-state index is 12.3. The Balaban J connectivity index is 1.89. The quantitative estimate of drug-likeness (QED) is 0.798. The van der Waals surface area contributed by atoms with Crippen LogP contribution in [-0.2, 0) is 9.53 Å². The maximum atomic E-state index is 12.3. The second-order valence-electron chi connectivity index (χ2n) is 4.91. The number of hydrogen-bond acceptors (Lipinski definition) is 4. The third kappa shape index (κ3) is 3.36. The Morgan fingerprint density at radius 3 is 3.00 bits per heavy atom. The largest absolute Gasteiger partial charge is 0.373 e. The Hall–Kier alpha value is -0.260. The molecule has 1 amide bonds. The second kappa shape index (κ2) is 6.07. The van der Waals surface area contributed by atoms with Crippen LogP contribution in [-0.4, -0.2) is 53.7 Å². The molecule has 0 radical (unpaired) electrons. The zero-order valence-corrected chi connectivity index (χ0v) is 11.2. The van der Waals surface area contributed by atoms with Crippen molar-refractivity contribution in [3.05, 3.63) is 0 Å². The van der Waals surface area contributed by atoms with Crippen LogP contribution in [0.4, 0.5) is 0 Å². The number of rotatable bonds is 2. The first-order valence-electron chi connectivity index (χ1n) is 6.46. The van der Waals surface area contributed by atoms with Gasteiger partial charge in [0, 0.05) is 19.1 Å².